The van der Waals surface area contributed by atoms with Gasteiger partial charge in [0, 0.05) is 18.5 Å². The Bertz CT molecular complexity index is 909. The van der Waals surface area contributed by atoms with Crippen LogP contribution in [0.4, 0.5) is 4.39 Å². The van der Waals surface area contributed by atoms with Crippen LogP contribution in [-0.2, 0) is 21.2 Å². The number of aromatic amines is 1. The van der Waals surface area contributed by atoms with E-state index in [0.717, 1.165) is 0 Å². The first-order valence-electron chi connectivity index (χ1n) is 7.30. The molecule has 7 nitrogen and oxygen atoms in total. The standard InChI is InChI=1S/C15H18FN3O4S/c1-17-24(22,23)7-6-18-14(20)5-3-11-8-10-2-4-12(16)9-13(10)19-15(11)21/h2,4,8-9,17H,3,5-7H2,1H3,(H,18,20)(H,19,21). The number of carbonyl (C=O) groups is 1. The van der Waals surface area contributed by atoms with Crippen LogP contribution in [0, 0.1) is 5.82 Å². The van der Waals surface area contributed by atoms with Gasteiger partial charge in [0.1, 0.15) is 5.82 Å². The predicted molar refractivity (Wildman–Crippen MR) is 88.7 cm³/mol. The smallest absolute Gasteiger partial charge is 0.251 e. The molecule has 0 unspecified atom stereocenters. The van der Waals surface area contributed by atoms with Crippen LogP contribution in [0.2, 0.25) is 0 Å². The van der Waals surface area contributed by atoms with Crippen molar-refractivity contribution < 1.29 is 17.6 Å². The van der Waals surface area contributed by atoms with E-state index in [1.165, 1.54) is 19.2 Å². The molecule has 0 aliphatic rings. The molecule has 0 aliphatic heterocycles. The molecule has 1 aromatic heterocycles. The number of amides is 1. The number of nitrogens with one attached hydrogen (secondary N) is 3. The van der Waals surface area contributed by atoms with Crippen molar-refractivity contribution in [2.45, 2.75) is 12.8 Å². The molecule has 0 atom stereocenters. The van der Waals surface area contributed by atoms with Crippen LogP contribution in [0.15, 0.2) is 29.1 Å². The molecular weight excluding hydrogens is 337 g/mol. The zero-order valence-corrected chi connectivity index (χ0v) is 13.9. The lowest BCUT2D eigenvalue weighted by Crippen LogP contribution is -2.33. The molecular formula is C15H18FN3O4S. The van der Waals surface area contributed by atoms with E-state index in [0.29, 0.717) is 16.5 Å². The summed E-state index contributed by atoms with van der Waals surface area (Å²) in [6.07, 6.45) is 0.253. The van der Waals surface area contributed by atoms with Crippen LogP contribution in [0.5, 0.6) is 0 Å². The molecule has 1 heterocycles. The molecule has 2 rings (SSSR count). The van der Waals surface area contributed by atoms with Gasteiger partial charge in [0.25, 0.3) is 5.56 Å². The Morgan fingerprint density at radius 1 is 1.29 bits per heavy atom. The summed E-state index contributed by atoms with van der Waals surface area (Å²) in [5, 5.41) is 3.16. The second-order valence-electron chi connectivity index (χ2n) is 5.23. The minimum absolute atomic E-state index is 0.00460. The third kappa shape index (κ3) is 4.87. The van der Waals surface area contributed by atoms with Crippen molar-refractivity contribution in [2.24, 2.45) is 0 Å². The quantitative estimate of drug-likeness (QED) is 0.662. The first-order chi connectivity index (χ1) is 11.3. The lowest BCUT2D eigenvalue weighted by Gasteiger charge is -2.06. The Morgan fingerprint density at radius 2 is 2.04 bits per heavy atom. The van der Waals surface area contributed by atoms with Gasteiger partial charge in [-0.2, -0.15) is 0 Å². The van der Waals surface area contributed by atoms with Crippen LogP contribution >= 0.6 is 0 Å². The van der Waals surface area contributed by atoms with Gasteiger partial charge in [-0.05, 0) is 43.1 Å². The van der Waals surface area contributed by atoms with Gasteiger partial charge in [-0.1, -0.05) is 0 Å². The van der Waals surface area contributed by atoms with Crippen molar-refractivity contribution in [2.75, 3.05) is 19.3 Å². The Hall–Kier alpha value is -2.26. The van der Waals surface area contributed by atoms with E-state index in [-0.39, 0.29) is 36.6 Å². The second kappa shape index (κ2) is 7.54. The number of aromatic nitrogens is 1. The number of sulfonamides is 1. The van der Waals surface area contributed by atoms with Crippen molar-refractivity contribution in [3.8, 4) is 0 Å². The number of halogens is 1. The summed E-state index contributed by atoms with van der Waals surface area (Å²) in [7, 11) is -2.07. The summed E-state index contributed by atoms with van der Waals surface area (Å²) in [4.78, 5) is 26.2. The Labute approximate surface area is 138 Å². The highest BCUT2D eigenvalue weighted by molar-refractivity contribution is 7.89. The number of rotatable bonds is 7. The van der Waals surface area contributed by atoms with E-state index in [2.05, 4.69) is 15.0 Å². The van der Waals surface area contributed by atoms with Crippen LogP contribution in [0.25, 0.3) is 10.9 Å². The monoisotopic (exact) mass is 355 g/mol. The van der Waals surface area contributed by atoms with Gasteiger partial charge in [0.05, 0.1) is 11.3 Å². The third-order valence-electron chi connectivity index (χ3n) is 3.51. The van der Waals surface area contributed by atoms with Crippen LogP contribution in [0.1, 0.15) is 12.0 Å². The molecule has 0 spiro atoms. The summed E-state index contributed by atoms with van der Waals surface area (Å²) in [6.45, 7) is -0.00460. The highest BCUT2D eigenvalue weighted by atomic mass is 32.2. The van der Waals surface area contributed by atoms with E-state index in [1.807, 2.05) is 0 Å². The van der Waals surface area contributed by atoms with Gasteiger partial charge in [-0.15, -0.1) is 0 Å². The fourth-order valence-corrected chi connectivity index (χ4v) is 2.74. The number of carbonyl (C=O) groups excluding carboxylic acids is 1. The largest absolute Gasteiger partial charge is 0.355 e. The summed E-state index contributed by atoms with van der Waals surface area (Å²) < 4.78 is 37.7. The van der Waals surface area contributed by atoms with Crippen molar-refractivity contribution in [3.05, 3.63) is 46.0 Å². The maximum Gasteiger partial charge on any atom is 0.251 e. The molecule has 0 aliphatic carbocycles. The minimum atomic E-state index is -3.37. The number of benzene rings is 1. The molecule has 130 valence electrons. The lowest BCUT2D eigenvalue weighted by molar-refractivity contribution is -0.120. The average Bonchev–Trinajstić information content (AvgIpc) is 2.52. The number of hydrogen-bond donors (Lipinski definition) is 3. The summed E-state index contributed by atoms with van der Waals surface area (Å²) in [6, 6.07) is 5.69. The number of pyridine rings is 1. The summed E-state index contributed by atoms with van der Waals surface area (Å²) in [5.41, 5.74) is 0.427. The lowest BCUT2D eigenvalue weighted by atomic mass is 10.1. The molecule has 1 aromatic carbocycles. The van der Waals surface area contributed by atoms with Crippen LogP contribution in [-0.4, -0.2) is 38.7 Å². The number of H-pyrrole nitrogens is 1. The zero-order chi connectivity index (χ0) is 17.7. The van der Waals surface area contributed by atoms with E-state index in [4.69, 9.17) is 0 Å². The Morgan fingerprint density at radius 3 is 2.75 bits per heavy atom. The van der Waals surface area contributed by atoms with Gasteiger partial charge in [-0.3, -0.25) is 9.59 Å². The minimum Gasteiger partial charge on any atom is -0.355 e. The van der Waals surface area contributed by atoms with E-state index in [9.17, 15) is 22.4 Å². The van der Waals surface area contributed by atoms with Gasteiger partial charge < -0.3 is 10.3 Å². The molecule has 24 heavy (non-hydrogen) atoms. The van der Waals surface area contributed by atoms with Crippen LogP contribution in [0.3, 0.4) is 0 Å². The fraction of sp³-hybridized carbons (Fsp3) is 0.333. The molecule has 0 fully saturated rings. The summed E-state index contributed by atoms with van der Waals surface area (Å²) >= 11 is 0. The fourth-order valence-electron chi connectivity index (χ4n) is 2.17. The van der Waals surface area contributed by atoms with E-state index < -0.39 is 15.8 Å². The molecule has 9 heteroatoms. The Kier molecular flexibility index (Phi) is 5.68. The van der Waals surface area contributed by atoms with Crippen molar-refractivity contribution in [1.29, 1.82) is 0 Å². The maximum atomic E-state index is 13.1. The van der Waals surface area contributed by atoms with E-state index >= 15 is 0 Å². The molecule has 1 amide bonds. The van der Waals surface area contributed by atoms with Crippen molar-refractivity contribution in [3.63, 3.8) is 0 Å². The van der Waals surface area contributed by atoms with Crippen LogP contribution < -0.4 is 15.6 Å². The second-order valence-corrected chi connectivity index (χ2v) is 7.27. The van der Waals surface area contributed by atoms with Gasteiger partial charge in [0.2, 0.25) is 15.9 Å². The molecule has 2 aromatic rings. The van der Waals surface area contributed by atoms with Crippen molar-refractivity contribution >= 4 is 26.8 Å². The first kappa shape index (κ1) is 18.1. The third-order valence-corrected chi connectivity index (χ3v) is 4.87. The molecule has 0 radical (unpaired) electrons. The molecule has 0 saturated heterocycles. The van der Waals surface area contributed by atoms with Gasteiger partial charge in [-0.25, -0.2) is 17.5 Å². The summed E-state index contributed by atoms with van der Waals surface area (Å²) in [5.74, 6) is -1.00. The number of fused-ring (bicyclic) bond motifs is 1. The average molecular weight is 355 g/mol. The highest BCUT2D eigenvalue weighted by Crippen LogP contribution is 2.13. The number of hydrogen-bond acceptors (Lipinski definition) is 4. The molecule has 0 saturated carbocycles. The van der Waals surface area contributed by atoms with E-state index in [1.54, 1.807) is 12.1 Å². The number of aryl methyl sites for hydroxylation is 1. The predicted octanol–water partition coefficient (Wildman–Crippen LogP) is 0.265. The van der Waals surface area contributed by atoms with Crippen molar-refractivity contribution in [1.82, 2.24) is 15.0 Å². The topological polar surface area (TPSA) is 108 Å². The van der Waals surface area contributed by atoms with Gasteiger partial charge >= 0.3 is 0 Å². The maximum absolute atomic E-state index is 13.1. The molecule has 0 bridgehead atoms. The SMILES string of the molecule is CNS(=O)(=O)CCNC(=O)CCc1cc2ccc(F)cc2[nH]c1=O. The highest BCUT2D eigenvalue weighted by Gasteiger charge is 2.10. The normalized spacial score (nSPS) is 11.6. The Balaban J connectivity index is 1.95. The first-order valence-corrected chi connectivity index (χ1v) is 8.95. The van der Waals surface area contributed by atoms with Gasteiger partial charge in [0.15, 0.2) is 0 Å². The zero-order valence-electron chi connectivity index (χ0n) is 13.1. The molecule has 3 N–H and O–H groups in total.